The summed E-state index contributed by atoms with van der Waals surface area (Å²) in [5.74, 6) is 0.0459. The first-order chi connectivity index (χ1) is 14.0. The van der Waals surface area contributed by atoms with Crippen LogP contribution >= 0.6 is 0 Å². The van der Waals surface area contributed by atoms with Crippen LogP contribution in [0, 0.1) is 0 Å². The van der Waals surface area contributed by atoms with E-state index in [4.69, 9.17) is 28.7 Å². The maximum Gasteiger partial charge on any atom is 0.437 e. The number of rotatable bonds is 12. The molecule has 0 radical (unpaired) electrons. The highest BCUT2D eigenvalue weighted by atomic mass is 32.2. The van der Waals surface area contributed by atoms with Crippen LogP contribution in [0.1, 0.15) is 12.5 Å². The van der Waals surface area contributed by atoms with Gasteiger partial charge < -0.3 is 24.2 Å². The predicted octanol–water partition coefficient (Wildman–Crippen LogP) is 2.38. The molecule has 0 saturated heterocycles. The first-order valence-electron chi connectivity index (χ1n) is 8.67. The van der Waals surface area contributed by atoms with Crippen molar-refractivity contribution in [2.24, 2.45) is 5.16 Å². The maximum atomic E-state index is 12.3. The van der Waals surface area contributed by atoms with Gasteiger partial charge >= 0.3 is 6.18 Å². The Balaban J connectivity index is 0.000000561. The fourth-order valence-electron chi connectivity index (χ4n) is 1.78. The Hall–Kier alpha value is -1.93. The number of halogens is 3. The zero-order valence-electron chi connectivity index (χ0n) is 16.6. The molecule has 1 rings (SSSR count). The van der Waals surface area contributed by atoms with Crippen molar-refractivity contribution in [3.05, 3.63) is 29.8 Å². The Morgan fingerprint density at radius 3 is 1.90 bits per heavy atom. The number of alkyl halides is 3. The molecular formula is C17H26F3NO8S. The van der Waals surface area contributed by atoms with E-state index in [1.165, 1.54) is 31.4 Å². The highest BCUT2D eigenvalue weighted by Crippen LogP contribution is 2.23. The smallest absolute Gasteiger partial charge is 0.437 e. The minimum atomic E-state index is -4.68. The van der Waals surface area contributed by atoms with Gasteiger partial charge in [0.2, 0.25) is 0 Å². The molecular weight excluding hydrogens is 435 g/mol. The molecule has 0 fully saturated rings. The molecule has 2 N–H and O–H groups in total. The molecule has 0 bridgehead atoms. The second kappa shape index (κ2) is 15.0. The third-order valence-electron chi connectivity index (χ3n) is 3.17. The average molecular weight is 461 g/mol. The van der Waals surface area contributed by atoms with E-state index in [0.29, 0.717) is 38.8 Å². The summed E-state index contributed by atoms with van der Waals surface area (Å²) in [7, 11) is -2.51. The molecule has 0 aromatic heterocycles. The molecule has 13 heteroatoms. The number of benzene rings is 1. The van der Waals surface area contributed by atoms with Gasteiger partial charge in [-0.3, -0.25) is 4.55 Å². The van der Waals surface area contributed by atoms with Gasteiger partial charge in [-0.1, -0.05) is 5.16 Å². The number of hydrogen-bond donors (Lipinski definition) is 2. The fourth-order valence-corrected chi connectivity index (χ4v) is 2.10. The minimum absolute atomic E-state index is 0.0202. The fraction of sp³-hybridized carbons (Fsp3) is 0.588. The van der Waals surface area contributed by atoms with Crippen LogP contribution in [0.25, 0.3) is 0 Å². The highest BCUT2D eigenvalue weighted by molar-refractivity contribution is 7.85. The van der Waals surface area contributed by atoms with Gasteiger partial charge in [0.15, 0.2) is 5.71 Å². The van der Waals surface area contributed by atoms with Crippen molar-refractivity contribution in [3.8, 4) is 5.75 Å². The van der Waals surface area contributed by atoms with E-state index >= 15 is 0 Å². The van der Waals surface area contributed by atoms with Crippen LogP contribution in [-0.2, 0) is 24.3 Å². The SMILES string of the molecule is CCOCCOCCOCCS(=O)(=O)O.COc1ccc(C(=NO)C(F)(F)F)cc1. The van der Waals surface area contributed by atoms with Gasteiger partial charge in [-0.15, -0.1) is 0 Å². The third kappa shape index (κ3) is 14.1. The Bertz CT molecular complexity index is 709. The molecule has 0 spiro atoms. The van der Waals surface area contributed by atoms with E-state index in [2.05, 4.69) is 5.16 Å². The zero-order valence-corrected chi connectivity index (χ0v) is 17.4. The van der Waals surface area contributed by atoms with Crippen LogP contribution in [0.5, 0.6) is 5.75 Å². The monoisotopic (exact) mass is 461 g/mol. The number of nitrogens with zero attached hydrogens (tertiary/aromatic N) is 1. The molecule has 0 saturated carbocycles. The van der Waals surface area contributed by atoms with Crippen molar-refractivity contribution < 1.29 is 50.3 Å². The Kier molecular flexibility index (Phi) is 14.0. The molecule has 0 aliphatic rings. The molecule has 0 aliphatic carbocycles. The van der Waals surface area contributed by atoms with Crippen molar-refractivity contribution in [2.75, 3.05) is 52.5 Å². The van der Waals surface area contributed by atoms with E-state index in [-0.39, 0.29) is 17.9 Å². The number of methoxy groups -OCH3 is 1. The molecule has 1 aromatic rings. The lowest BCUT2D eigenvalue weighted by Gasteiger charge is -2.08. The first-order valence-corrected chi connectivity index (χ1v) is 10.3. The summed E-state index contributed by atoms with van der Waals surface area (Å²) >= 11 is 0. The first kappa shape index (κ1) is 28.1. The molecule has 0 atom stereocenters. The number of ether oxygens (including phenoxy) is 4. The van der Waals surface area contributed by atoms with Gasteiger partial charge in [0.25, 0.3) is 10.1 Å². The largest absolute Gasteiger partial charge is 0.497 e. The normalized spacial score (nSPS) is 12.3. The maximum absolute atomic E-state index is 12.3. The molecule has 0 unspecified atom stereocenters. The lowest BCUT2D eigenvalue weighted by Crippen LogP contribution is -2.23. The molecule has 174 valence electrons. The predicted molar refractivity (Wildman–Crippen MR) is 102 cm³/mol. The van der Waals surface area contributed by atoms with Gasteiger partial charge in [-0.05, 0) is 31.2 Å². The van der Waals surface area contributed by atoms with Crippen LogP contribution in [0.3, 0.4) is 0 Å². The summed E-state index contributed by atoms with van der Waals surface area (Å²) in [6, 6.07) is 5.04. The topological polar surface area (TPSA) is 124 Å². The zero-order chi connectivity index (χ0) is 23.0. The van der Waals surface area contributed by atoms with E-state index < -0.39 is 22.0 Å². The average Bonchev–Trinajstić information content (AvgIpc) is 2.66. The van der Waals surface area contributed by atoms with E-state index in [1.807, 2.05) is 6.92 Å². The van der Waals surface area contributed by atoms with Gasteiger partial charge in [0, 0.05) is 12.2 Å². The summed E-state index contributed by atoms with van der Waals surface area (Å²) in [6.07, 6.45) is -4.68. The molecule has 1 aromatic carbocycles. The molecule has 0 aliphatic heterocycles. The summed E-state index contributed by atoms with van der Waals surface area (Å²) < 4.78 is 85.5. The summed E-state index contributed by atoms with van der Waals surface area (Å²) in [6.45, 7) is 4.28. The van der Waals surface area contributed by atoms with E-state index in [0.717, 1.165) is 0 Å². The van der Waals surface area contributed by atoms with Crippen molar-refractivity contribution in [1.29, 1.82) is 0 Å². The van der Waals surface area contributed by atoms with Gasteiger partial charge in [-0.25, -0.2) is 0 Å². The Labute approximate surface area is 173 Å². The van der Waals surface area contributed by atoms with Crippen LogP contribution in [-0.4, -0.2) is 82.6 Å². The molecule has 9 nitrogen and oxygen atoms in total. The minimum Gasteiger partial charge on any atom is -0.497 e. The van der Waals surface area contributed by atoms with Crippen molar-refractivity contribution >= 4 is 15.8 Å². The quantitative estimate of drug-likeness (QED) is 0.160. The number of hydrogen-bond acceptors (Lipinski definition) is 8. The van der Waals surface area contributed by atoms with E-state index in [9.17, 15) is 21.6 Å². The third-order valence-corrected chi connectivity index (χ3v) is 3.85. The summed E-state index contributed by atoms with van der Waals surface area (Å²) in [5, 5.41) is 10.5. The standard InChI is InChI=1S/C9H8F3NO2.C8H18O6S/c1-15-7-4-2-6(3-5-7)8(13-14)9(10,11)12;1-2-12-3-4-13-5-6-14-7-8-15(9,10)11/h2-5,14H,1H3;2-8H2,1H3,(H,9,10,11). The highest BCUT2D eigenvalue weighted by Gasteiger charge is 2.37. The number of oxime groups is 1. The van der Waals surface area contributed by atoms with E-state index in [1.54, 1.807) is 0 Å². The molecule has 0 heterocycles. The lowest BCUT2D eigenvalue weighted by atomic mass is 10.1. The Morgan fingerprint density at radius 1 is 1.00 bits per heavy atom. The molecule has 30 heavy (non-hydrogen) atoms. The van der Waals surface area contributed by atoms with Gasteiger partial charge in [-0.2, -0.15) is 21.6 Å². The van der Waals surface area contributed by atoms with Crippen molar-refractivity contribution in [1.82, 2.24) is 0 Å². The van der Waals surface area contributed by atoms with Crippen LogP contribution < -0.4 is 4.74 Å². The van der Waals surface area contributed by atoms with Gasteiger partial charge in [0.1, 0.15) is 5.75 Å². The van der Waals surface area contributed by atoms with Crippen LogP contribution in [0.4, 0.5) is 13.2 Å². The second-order valence-corrected chi connectivity index (χ2v) is 6.95. The Morgan fingerprint density at radius 2 is 1.50 bits per heavy atom. The second-order valence-electron chi connectivity index (χ2n) is 5.38. The lowest BCUT2D eigenvalue weighted by molar-refractivity contribution is -0.0601. The van der Waals surface area contributed by atoms with Crippen molar-refractivity contribution in [2.45, 2.75) is 13.1 Å². The molecule has 0 amide bonds. The van der Waals surface area contributed by atoms with Crippen LogP contribution in [0.2, 0.25) is 0 Å². The van der Waals surface area contributed by atoms with Crippen LogP contribution in [0.15, 0.2) is 29.4 Å². The summed E-state index contributed by atoms with van der Waals surface area (Å²) in [4.78, 5) is 0. The van der Waals surface area contributed by atoms with Crippen molar-refractivity contribution in [3.63, 3.8) is 0 Å². The summed E-state index contributed by atoms with van der Waals surface area (Å²) in [5.41, 5.74) is -1.55. The van der Waals surface area contributed by atoms with Gasteiger partial charge in [0.05, 0.1) is 45.9 Å².